The number of anilines is 1. The van der Waals surface area contributed by atoms with Crippen LogP contribution in [0.1, 0.15) is 12.8 Å². The summed E-state index contributed by atoms with van der Waals surface area (Å²) < 4.78 is 0. The van der Waals surface area contributed by atoms with Gasteiger partial charge in [0.05, 0.1) is 11.4 Å². The first-order chi connectivity index (χ1) is 8.88. The fourth-order valence-corrected chi connectivity index (χ4v) is 3.15. The van der Waals surface area contributed by atoms with Gasteiger partial charge in [-0.15, -0.1) is 11.3 Å². The van der Waals surface area contributed by atoms with Crippen LogP contribution in [-0.2, 0) is 0 Å². The van der Waals surface area contributed by atoms with E-state index in [2.05, 4.69) is 22.0 Å². The molecule has 3 rings (SSSR count). The van der Waals surface area contributed by atoms with Crippen LogP contribution >= 0.6 is 11.3 Å². The van der Waals surface area contributed by atoms with E-state index in [1.165, 1.54) is 12.8 Å². The van der Waals surface area contributed by atoms with E-state index in [0.717, 1.165) is 35.2 Å². The van der Waals surface area contributed by atoms with Crippen molar-refractivity contribution in [2.24, 2.45) is 4.99 Å². The van der Waals surface area contributed by atoms with E-state index in [1.807, 2.05) is 24.3 Å². The summed E-state index contributed by atoms with van der Waals surface area (Å²) in [7, 11) is 0. The molecule has 1 aliphatic rings. The van der Waals surface area contributed by atoms with Crippen LogP contribution in [-0.4, -0.2) is 24.8 Å². The average Bonchev–Trinajstić information content (AvgIpc) is 3.09. The summed E-state index contributed by atoms with van der Waals surface area (Å²) in [5, 5.41) is 3.24. The monoisotopic (exact) mass is 257 g/mol. The third-order valence-corrected chi connectivity index (χ3v) is 4.12. The first kappa shape index (κ1) is 11.4. The molecule has 0 bridgehead atoms. The highest BCUT2D eigenvalue weighted by atomic mass is 32.1. The number of thiazole rings is 1. The highest BCUT2D eigenvalue weighted by Gasteiger charge is 2.16. The van der Waals surface area contributed by atoms with E-state index in [0.29, 0.717) is 0 Å². The number of hydrogen-bond acceptors (Lipinski definition) is 4. The third-order valence-electron chi connectivity index (χ3n) is 3.22. The predicted octanol–water partition coefficient (Wildman–Crippen LogP) is 3.74. The van der Waals surface area contributed by atoms with Crippen LogP contribution in [0.2, 0.25) is 0 Å². The van der Waals surface area contributed by atoms with Gasteiger partial charge in [0.25, 0.3) is 0 Å². The lowest BCUT2D eigenvalue weighted by atomic mass is 10.1. The topological polar surface area (TPSA) is 28.5 Å². The lowest BCUT2D eigenvalue weighted by molar-refractivity contribution is 0.949. The maximum atomic E-state index is 4.73. The van der Waals surface area contributed by atoms with E-state index >= 15 is 0 Å². The molecule has 1 fully saturated rings. The summed E-state index contributed by atoms with van der Waals surface area (Å²) >= 11 is 1.71. The average molecular weight is 257 g/mol. The van der Waals surface area contributed by atoms with Crippen LogP contribution in [0.5, 0.6) is 0 Å². The van der Waals surface area contributed by atoms with Gasteiger partial charge in [-0.2, -0.15) is 0 Å². The smallest absolute Gasteiger partial charge is 0.185 e. The lowest BCUT2D eigenvalue weighted by Crippen LogP contribution is -2.17. The number of nitrogens with zero attached hydrogens (tertiary/aromatic N) is 3. The second-order valence-corrected chi connectivity index (χ2v) is 5.22. The molecule has 0 spiro atoms. The van der Waals surface area contributed by atoms with Crippen molar-refractivity contribution in [3.63, 3.8) is 0 Å². The summed E-state index contributed by atoms with van der Waals surface area (Å²) in [6.45, 7) is 5.88. The van der Waals surface area contributed by atoms with Crippen LogP contribution in [0.4, 0.5) is 10.8 Å². The summed E-state index contributed by atoms with van der Waals surface area (Å²) in [6.07, 6.45) is 2.55. The minimum absolute atomic E-state index is 0.899. The first-order valence-electron chi connectivity index (χ1n) is 6.15. The third kappa shape index (κ3) is 2.04. The Morgan fingerprint density at radius 3 is 2.78 bits per heavy atom. The minimum atomic E-state index is 0.899. The highest BCUT2D eigenvalue weighted by Crippen LogP contribution is 2.33. The normalized spacial score (nSPS) is 15.0. The van der Waals surface area contributed by atoms with Crippen LogP contribution in [0, 0.1) is 0 Å². The summed E-state index contributed by atoms with van der Waals surface area (Å²) in [5.74, 6) is 0. The predicted molar refractivity (Wildman–Crippen MR) is 78.2 cm³/mol. The molecule has 0 N–H and O–H groups in total. The fraction of sp³-hybridized carbons (Fsp3) is 0.286. The van der Waals surface area contributed by atoms with Crippen LogP contribution < -0.4 is 4.90 Å². The van der Waals surface area contributed by atoms with Crippen molar-refractivity contribution >= 4 is 28.9 Å². The Balaban J connectivity index is 1.94. The molecule has 1 saturated heterocycles. The van der Waals surface area contributed by atoms with Gasteiger partial charge in [0.15, 0.2) is 5.13 Å². The number of benzene rings is 1. The zero-order chi connectivity index (χ0) is 12.4. The molecule has 2 heterocycles. The molecule has 18 heavy (non-hydrogen) atoms. The van der Waals surface area contributed by atoms with E-state index in [9.17, 15) is 0 Å². The van der Waals surface area contributed by atoms with E-state index < -0.39 is 0 Å². The first-order valence-corrected chi connectivity index (χ1v) is 7.03. The molecule has 1 aromatic carbocycles. The van der Waals surface area contributed by atoms with Crippen LogP contribution in [0.25, 0.3) is 11.3 Å². The largest absolute Gasteiger partial charge is 0.348 e. The SMILES string of the molecule is C=Nc1ccccc1-c1csc(N2CCCC2)n1. The Morgan fingerprint density at radius 2 is 2.00 bits per heavy atom. The molecule has 0 radical (unpaired) electrons. The van der Waals surface area contributed by atoms with E-state index in [1.54, 1.807) is 11.3 Å². The Bertz CT molecular complexity index is 556. The van der Waals surface area contributed by atoms with Crippen molar-refractivity contribution in [2.45, 2.75) is 12.8 Å². The molecule has 0 unspecified atom stereocenters. The summed E-state index contributed by atoms with van der Waals surface area (Å²) in [5.41, 5.74) is 2.97. The van der Waals surface area contributed by atoms with Gasteiger partial charge in [0.2, 0.25) is 0 Å². The Morgan fingerprint density at radius 1 is 1.22 bits per heavy atom. The lowest BCUT2D eigenvalue weighted by Gasteiger charge is -2.12. The van der Waals surface area contributed by atoms with Gasteiger partial charge < -0.3 is 4.90 Å². The number of hydrogen-bond donors (Lipinski definition) is 0. The van der Waals surface area contributed by atoms with Crippen molar-refractivity contribution in [3.8, 4) is 11.3 Å². The second-order valence-electron chi connectivity index (χ2n) is 4.38. The molecule has 3 nitrogen and oxygen atoms in total. The van der Waals surface area contributed by atoms with Crippen molar-refractivity contribution in [1.29, 1.82) is 0 Å². The van der Waals surface area contributed by atoms with Crippen molar-refractivity contribution in [3.05, 3.63) is 29.6 Å². The molecule has 0 amide bonds. The summed E-state index contributed by atoms with van der Waals surface area (Å²) in [6, 6.07) is 8.00. The molecule has 1 aromatic heterocycles. The van der Waals surface area contributed by atoms with Crippen LogP contribution in [0.3, 0.4) is 0 Å². The van der Waals surface area contributed by atoms with Gasteiger partial charge >= 0.3 is 0 Å². The fourth-order valence-electron chi connectivity index (χ4n) is 2.27. The maximum absolute atomic E-state index is 4.73. The molecule has 0 saturated carbocycles. The van der Waals surface area contributed by atoms with Crippen molar-refractivity contribution in [1.82, 2.24) is 4.98 Å². The van der Waals surface area contributed by atoms with Gasteiger partial charge in [-0.05, 0) is 25.6 Å². The molecule has 1 aliphatic heterocycles. The van der Waals surface area contributed by atoms with Gasteiger partial charge in [-0.1, -0.05) is 18.2 Å². The van der Waals surface area contributed by atoms with E-state index in [-0.39, 0.29) is 0 Å². The van der Waals surface area contributed by atoms with Gasteiger partial charge in [0, 0.05) is 24.0 Å². The van der Waals surface area contributed by atoms with Gasteiger partial charge in [-0.3, -0.25) is 4.99 Å². The second kappa shape index (κ2) is 4.90. The molecular formula is C14H15N3S. The molecular weight excluding hydrogens is 242 g/mol. The number of aliphatic imine (C=N–C) groups is 1. The molecule has 0 aliphatic carbocycles. The molecule has 4 heteroatoms. The number of rotatable bonds is 3. The Hall–Kier alpha value is -1.68. The minimum Gasteiger partial charge on any atom is -0.348 e. The Labute approximate surface area is 111 Å². The number of para-hydroxylation sites is 1. The van der Waals surface area contributed by atoms with Gasteiger partial charge in [0.1, 0.15) is 0 Å². The van der Waals surface area contributed by atoms with E-state index in [4.69, 9.17) is 4.98 Å². The van der Waals surface area contributed by atoms with Crippen molar-refractivity contribution < 1.29 is 0 Å². The number of aromatic nitrogens is 1. The summed E-state index contributed by atoms with van der Waals surface area (Å²) in [4.78, 5) is 11.1. The van der Waals surface area contributed by atoms with Crippen molar-refractivity contribution in [2.75, 3.05) is 18.0 Å². The van der Waals surface area contributed by atoms with Crippen LogP contribution in [0.15, 0.2) is 34.6 Å². The van der Waals surface area contributed by atoms with Gasteiger partial charge in [-0.25, -0.2) is 4.98 Å². The maximum Gasteiger partial charge on any atom is 0.185 e. The zero-order valence-electron chi connectivity index (χ0n) is 10.2. The molecule has 92 valence electrons. The highest BCUT2D eigenvalue weighted by molar-refractivity contribution is 7.14. The standard InChI is InChI=1S/C14H15N3S/c1-15-12-7-3-2-6-11(12)13-10-18-14(16-13)17-8-4-5-9-17/h2-3,6-7,10H,1,4-5,8-9H2. The zero-order valence-corrected chi connectivity index (χ0v) is 11.0. The molecule has 0 atom stereocenters. The Kier molecular flexibility index (Phi) is 3.11. The quantitative estimate of drug-likeness (QED) is 0.784. The molecule has 2 aromatic rings.